The molecule has 2 N–H and O–H groups in total. The molecule has 0 spiro atoms. The molecule has 0 unspecified atom stereocenters. The first-order chi connectivity index (χ1) is 11.1. The van der Waals surface area contributed by atoms with Crippen LogP contribution in [0.2, 0.25) is 5.02 Å². The van der Waals surface area contributed by atoms with Crippen LogP contribution in [0.1, 0.15) is 32.4 Å². The predicted octanol–water partition coefficient (Wildman–Crippen LogP) is 0.956. The minimum atomic E-state index is -0.215. The zero-order chi connectivity index (χ0) is 16.4. The number of nitrogens with one attached hydrogen (secondary N) is 2. The fraction of sp³-hybridized carbons (Fsp3) is 0.333. The van der Waals surface area contributed by atoms with E-state index in [1.165, 1.54) is 0 Å². The minimum absolute atomic E-state index is 0.192. The van der Waals surface area contributed by atoms with Gasteiger partial charge < -0.3 is 15.2 Å². The SMILES string of the molecule is Cc1ccc(C(=O)NCCc2nnc3n2CCNC3=O)cc1Cl. The number of rotatable bonds is 4. The molecule has 0 fully saturated rings. The number of carbonyl (C=O) groups excluding carboxylic acids is 2. The first-order valence-corrected chi connectivity index (χ1v) is 7.68. The lowest BCUT2D eigenvalue weighted by Crippen LogP contribution is -2.36. The van der Waals surface area contributed by atoms with Crippen molar-refractivity contribution in [3.63, 3.8) is 0 Å². The van der Waals surface area contributed by atoms with E-state index in [0.717, 1.165) is 5.56 Å². The number of nitrogens with zero attached hydrogens (tertiary/aromatic N) is 3. The summed E-state index contributed by atoms with van der Waals surface area (Å²) >= 11 is 6.03. The van der Waals surface area contributed by atoms with Gasteiger partial charge in [0.15, 0.2) is 0 Å². The van der Waals surface area contributed by atoms with E-state index in [1.807, 2.05) is 13.0 Å². The predicted molar refractivity (Wildman–Crippen MR) is 84.6 cm³/mol. The molecule has 23 heavy (non-hydrogen) atoms. The standard InChI is InChI=1S/C15H16ClN5O2/c1-9-2-3-10(8-11(9)16)14(22)17-5-4-12-19-20-13-15(23)18-6-7-21(12)13/h2-3,8H,4-7H2,1H3,(H,17,22)(H,18,23). The van der Waals surface area contributed by atoms with Crippen molar-refractivity contribution in [2.45, 2.75) is 19.9 Å². The Morgan fingerprint density at radius 2 is 2.26 bits per heavy atom. The topological polar surface area (TPSA) is 88.9 Å². The van der Waals surface area contributed by atoms with E-state index in [4.69, 9.17) is 11.6 Å². The molecule has 0 aliphatic carbocycles. The van der Waals surface area contributed by atoms with Crippen molar-refractivity contribution in [2.24, 2.45) is 0 Å². The number of fused-ring (bicyclic) bond motifs is 1. The van der Waals surface area contributed by atoms with Gasteiger partial charge in [-0.05, 0) is 24.6 Å². The summed E-state index contributed by atoms with van der Waals surface area (Å²) in [4.78, 5) is 23.7. The first kappa shape index (κ1) is 15.5. The third kappa shape index (κ3) is 3.19. The lowest BCUT2D eigenvalue weighted by molar-refractivity contribution is 0.0917. The van der Waals surface area contributed by atoms with Gasteiger partial charge in [-0.1, -0.05) is 17.7 Å². The lowest BCUT2D eigenvalue weighted by atomic mass is 10.1. The van der Waals surface area contributed by atoms with Gasteiger partial charge in [-0.25, -0.2) is 0 Å². The fourth-order valence-electron chi connectivity index (χ4n) is 2.41. The number of halogens is 1. The zero-order valence-electron chi connectivity index (χ0n) is 12.6. The molecule has 0 radical (unpaired) electrons. The third-order valence-electron chi connectivity index (χ3n) is 3.72. The molecule has 0 bridgehead atoms. The largest absolute Gasteiger partial charge is 0.352 e. The molecule has 1 aliphatic heterocycles. The molecule has 3 rings (SSSR count). The highest BCUT2D eigenvalue weighted by Crippen LogP contribution is 2.16. The van der Waals surface area contributed by atoms with Crippen LogP contribution in [0.3, 0.4) is 0 Å². The molecular formula is C15H16ClN5O2. The number of carbonyl (C=O) groups is 2. The summed E-state index contributed by atoms with van der Waals surface area (Å²) in [5, 5.41) is 14.0. The molecule has 0 saturated heterocycles. The molecule has 2 amide bonds. The van der Waals surface area contributed by atoms with Gasteiger partial charge in [0.1, 0.15) is 5.82 Å². The fourth-order valence-corrected chi connectivity index (χ4v) is 2.59. The Balaban J connectivity index is 1.60. The Hall–Kier alpha value is -2.41. The summed E-state index contributed by atoms with van der Waals surface area (Å²) in [5.41, 5.74) is 1.44. The molecule has 8 heteroatoms. The smallest absolute Gasteiger partial charge is 0.289 e. The Kier molecular flexibility index (Phi) is 4.29. The van der Waals surface area contributed by atoms with Gasteiger partial charge >= 0.3 is 0 Å². The molecule has 0 saturated carbocycles. The van der Waals surface area contributed by atoms with E-state index >= 15 is 0 Å². The number of benzene rings is 1. The van der Waals surface area contributed by atoms with E-state index in [2.05, 4.69) is 20.8 Å². The summed E-state index contributed by atoms with van der Waals surface area (Å²) in [7, 11) is 0. The van der Waals surface area contributed by atoms with Crippen LogP contribution in [0.15, 0.2) is 18.2 Å². The van der Waals surface area contributed by atoms with Crippen molar-refractivity contribution >= 4 is 23.4 Å². The minimum Gasteiger partial charge on any atom is -0.352 e. The normalized spacial score (nSPS) is 13.4. The highest BCUT2D eigenvalue weighted by atomic mass is 35.5. The first-order valence-electron chi connectivity index (χ1n) is 7.31. The van der Waals surface area contributed by atoms with Crippen LogP contribution in [0.4, 0.5) is 0 Å². The van der Waals surface area contributed by atoms with Crippen LogP contribution in [-0.4, -0.2) is 39.7 Å². The molecule has 7 nitrogen and oxygen atoms in total. The third-order valence-corrected chi connectivity index (χ3v) is 4.13. The lowest BCUT2D eigenvalue weighted by Gasteiger charge is -2.15. The maximum atomic E-state index is 12.1. The number of hydrogen-bond acceptors (Lipinski definition) is 4. The summed E-state index contributed by atoms with van der Waals surface area (Å²) in [6.45, 7) is 3.49. The van der Waals surface area contributed by atoms with Crippen LogP contribution in [0.5, 0.6) is 0 Å². The van der Waals surface area contributed by atoms with Crippen LogP contribution in [0, 0.1) is 6.92 Å². The molecular weight excluding hydrogens is 318 g/mol. The second kappa shape index (κ2) is 6.37. The van der Waals surface area contributed by atoms with Crippen molar-refractivity contribution in [3.8, 4) is 0 Å². The van der Waals surface area contributed by atoms with E-state index < -0.39 is 0 Å². The molecule has 1 aromatic heterocycles. The van der Waals surface area contributed by atoms with Crippen LogP contribution in [0.25, 0.3) is 0 Å². The Morgan fingerprint density at radius 3 is 3.04 bits per heavy atom. The summed E-state index contributed by atoms with van der Waals surface area (Å²) < 4.78 is 1.79. The van der Waals surface area contributed by atoms with Crippen molar-refractivity contribution in [1.82, 2.24) is 25.4 Å². The number of aromatic nitrogens is 3. The van der Waals surface area contributed by atoms with Gasteiger partial charge in [0.25, 0.3) is 11.8 Å². The highest BCUT2D eigenvalue weighted by Gasteiger charge is 2.22. The van der Waals surface area contributed by atoms with Crippen LogP contribution < -0.4 is 10.6 Å². The Labute approximate surface area is 138 Å². The van der Waals surface area contributed by atoms with Crippen LogP contribution >= 0.6 is 11.6 Å². The Bertz CT molecular complexity index is 771. The highest BCUT2D eigenvalue weighted by molar-refractivity contribution is 6.31. The second-order valence-corrected chi connectivity index (χ2v) is 5.72. The Morgan fingerprint density at radius 1 is 1.43 bits per heavy atom. The van der Waals surface area contributed by atoms with E-state index in [1.54, 1.807) is 16.7 Å². The van der Waals surface area contributed by atoms with E-state index in [-0.39, 0.29) is 11.8 Å². The van der Waals surface area contributed by atoms with Crippen LogP contribution in [-0.2, 0) is 13.0 Å². The molecule has 2 aromatic rings. The maximum absolute atomic E-state index is 12.1. The molecule has 1 aliphatic rings. The van der Waals surface area contributed by atoms with E-state index in [0.29, 0.717) is 48.3 Å². The van der Waals surface area contributed by atoms with Crippen molar-refractivity contribution in [1.29, 1.82) is 0 Å². The van der Waals surface area contributed by atoms with E-state index in [9.17, 15) is 9.59 Å². The number of amides is 2. The number of aryl methyl sites for hydroxylation is 1. The van der Waals surface area contributed by atoms with Crippen molar-refractivity contribution in [3.05, 3.63) is 46.0 Å². The van der Waals surface area contributed by atoms with Gasteiger partial charge in [0.2, 0.25) is 5.82 Å². The average molecular weight is 334 g/mol. The van der Waals surface area contributed by atoms with Gasteiger partial charge in [-0.3, -0.25) is 9.59 Å². The second-order valence-electron chi connectivity index (χ2n) is 5.32. The zero-order valence-corrected chi connectivity index (χ0v) is 13.4. The monoisotopic (exact) mass is 333 g/mol. The molecule has 0 atom stereocenters. The molecule has 120 valence electrons. The quantitative estimate of drug-likeness (QED) is 0.872. The molecule has 1 aromatic carbocycles. The summed E-state index contributed by atoms with van der Waals surface area (Å²) in [6.07, 6.45) is 0.506. The van der Waals surface area contributed by atoms with Gasteiger partial charge in [0, 0.05) is 36.6 Å². The average Bonchev–Trinajstić information content (AvgIpc) is 2.95. The van der Waals surface area contributed by atoms with Gasteiger partial charge in [0.05, 0.1) is 0 Å². The summed E-state index contributed by atoms with van der Waals surface area (Å²) in [5.74, 6) is 0.608. The van der Waals surface area contributed by atoms with Crippen molar-refractivity contribution in [2.75, 3.05) is 13.1 Å². The van der Waals surface area contributed by atoms with Crippen molar-refractivity contribution < 1.29 is 9.59 Å². The summed E-state index contributed by atoms with van der Waals surface area (Å²) in [6, 6.07) is 5.19. The number of hydrogen-bond donors (Lipinski definition) is 2. The maximum Gasteiger partial charge on any atom is 0.289 e. The van der Waals surface area contributed by atoms with Gasteiger partial charge in [-0.2, -0.15) is 0 Å². The molecule has 2 heterocycles. The van der Waals surface area contributed by atoms with Gasteiger partial charge in [-0.15, -0.1) is 10.2 Å².